The highest BCUT2D eigenvalue weighted by atomic mass is 16.5. The van der Waals surface area contributed by atoms with Gasteiger partial charge in [0.05, 0.1) is 39.6 Å². The lowest BCUT2D eigenvalue weighted by atomic mass is 9.81. The Morgan fingerprint density at radius 2 is 1.41 bits per heavy atom. The summed E-state index contributed by atoms with van der Waals surface area (Å²) in [4.78, 5) is 37.8. The van der Waals surface area contributed by atoms with Crippen molar-refractivity contribution in [3.05, 3.63) is 52.1 Å². The number of rotatable bonds is 7. The van der Waals surface area contributed by atoms with Gasteiger partial charge in [0.2, 0.25) is 5.78 Å². The standard InChI is InChI=1S/C22H22O7/c1-26-13-10-15-20(17(11-13)28-3)22(25)19-14(21(15)24)8-12(9-16(19)27-2)6-5-7-18(23)29-4/h8-11H,5-7H2,1-4H3. The second kappa shape index (κ2) is 8.34. The maximum absolute atomic E-state index is 13.3. The maximum Gasteiger partial charge on any atom is 0.305 e. The number of ether oxygens (including phenoxy) is 4. The molecule has 0 N–H and O–H groups in total. The van der Waals surface area contributed by atoms with E-state index >= 15 is 0 Å². The molecule has 0 heterocycles. The van der Waals surface area contributed by atoms with Gasteiger partial charge in [0.15, 0.2) is 5.78 Å². The minimum Gasteiger partial charge on any atom is -0.497 e. The summed E-state index contributed by atoms with van der Waals surface area (Å²) in [6.07, 6.45) is 1.35. The number of esters is 1. The molecule has 0 saturated heterocycles. The molecular formula is C22H22O7. The summed E-state index contributed by atoms with van der Waals surface area (Å²) in [5, 5.41) is 0. The van der Waals surface area contributed by atoms with Gasteiger partial charge >= 0.3 is 5.97 Å². The zero-order valence-electron chi connectivity index (χ0n) is 16.8. The first-order valence-corrected chi connectivity index (χ1v) is 9.08. The van der Waals surface area contributed by atoms with E-state index in [0.29, 0.717) is 24.3 Å². The van der Waals surface area contributed by atoms with E-state index in [0.717, 1.165) is 5.56 Å². The Hall–Kier alpha value is -3.35. The summed E-state index contributed by atoms with van der Waals surface area (Å²) in [6, 6.07) is 6.52. The van der Waals surface area contributed by atoms with E-state index in [-0.39, 0.29) is 52.0 Å². The number of carbonyl (C=O) groups is 3. The third-order valence-corrected chi connectivity index (χ3v) is 4.93. The number of hydrogen-bond acceptors (Lipinski definition) is 7. The predicted molar refractivity (Wildman–Crippen MR) is 104 cm³/mol. The number of ketones is 2. The molecule has 2 aromatic rings. The zero-order chi connectivity index (χ0) is 21.1. The monoisotopic (exact) mass is 398 g/mol. The van der Waals surface area contributed by atoms with Crippen molar-refractivity contribution < 1.29 is 33.3 Å². The minimum atomic E-state index is -0.341. The van der Waals surface area contributed by atoms with Gasteiger partial charge in [-0.15, -0.1) is 0 Å². The third-order valence-electron chi connectivity index (χ3n) is 4.93. The van der Waals surface area contributed by atoms with Crippen molar-refractivity contribution in [3.8, 4) is 17.2 Å². The highest BCUT2D eigenvalue weighted by molar-refractivity contribution is 6.30. The van der Waals surface area contributed by atoms with Gasteiger partial charge in [-0.3, -0.25) is 14.4 Å². The van der Waals surface area contributed by atoms with Crippen molar-refractivity contribution in [3.63, 3.8) is 0 Å². The quantitative estimate of drug-likeness (QED) is 0.565. The molecule has 7 heteroatoms. The largest absolute Gasteiger partial charge is 0.497 e. The van der Waals surface area contributed by atoms with Crippen LogP contribution in [0, 0.1) is 0 Å². The third kappa shape index (κ3) is 3.68. The van der Waals surface area contributed by atoms with E-state index in [4.69, 9.17) is 14.2 Å². The maximum atomic E-state index is 13.3. The lowest BCUT2D eigenvalue weighted by Gasteiger charge is -2.23. The molecule has 0 spiro atoms. The number of carbonyl (C=O) groups excluding carboxylic acids is 3. The Bertz CT molecular complexity index is 991. The van der Waals surface area contributed by atoms with Crippen molar-refractivity contribution in [1.82, 2.24) is 0 Å². The van der Waals surface area contributed by atoms with E-state index in [9.17, 15) is 14.4 Å². The summed E-state index contributed by atoms with van der Waals surface area (Å²) in [7, 11) is 5.71. The van der Waals surface area contributed by atoms with Crippen LogP contribution in [0.5, 0.6) is 17.2 Å². The van der Waals surface area contributed by atoms with Gasteiger partial charge in [-0.25, -0.2) is 0 Å². The first kappa shape index (κ1) is 20.4. The van der Waals surface area contributed by atoms with Crippen LogP contribution >= 0.6 is 0 Å². The molecule has 29 heavy (non-hydrogen) atoms. The van der Waals surface area contributed by atoms with Gasteiger partial charge in [0.1, 0.15) is 17.2 Å². The Kier molecular flexibility index (Phi) is 5.87. The zero-order valence-corrected chi connectivity index (χ0v) is 16.8. The van der Waals surface area contributed by atoms with Crippen LogP contribution in [0.4, 0.5) is 0 Å². The molecule has 0 aromatic heterocycles. The normalized spacial score (nSPS) is 12.1. The Morgan fingerprint density at radius 1 is 0.793 bits per heavy atom. The van der Waals surface area contributed by atoms with E-state index in [1.165, 1.54) is 34.5 Å². The van der Waals surface area contributed by atoms with Crippen LogP contribution < -0.4 is 14.2 Å². The second-order valence-corrected chi connectivity index (χ2v) is 6.56. The van der Waals surface area contributed by atoms with Crippen LogP contribution in [-0.2, 0) is 16.0 Å². The lowest BCUT2D eigenvalue weighted by Crippen LogP contribution is -2.23. The smallest absolute Gasteiger partial charge is 0.305 e. The van der Waals surface area contributed by atoms with Crippen molar-refractivity contribution in [2.45, 2.75) is 19.3 Å². The molecule has 0 fully saturated rings. The van der Waals surface area contributed by atoms with E-state index in [1.807, 2.05) is 0 Å². The predicted octanol–water partition coefficient (Wildman–Crippen LogP) is 2.98. The molecule has 152 valence electrons. The van der Waals surface area contributed by atoms with Crippen molar-refractivity contribution in [2.75, 3.05) is 28.4 Å². The van der Waals surface area contributed by atoms with Gasteiger partial charge in [0, 0.05) is 23.6 Å². The molecule has 0 unspecified atom stereocenters. The van der Waals surface area contributed by atoms with Crippen LogP contribution in [0.3, 0.4) is 0 Å². The summed E-state index contributed by atoms with van der Waals surface area (Å²) in [6.45, 7) is 0. The number of aryl methyl sites for hydroxylation is 1. The number of benzene rings is 2. The summed E-state index contributed by atoms with van der Waals surface area (Å²) in [5.41, 5.74) is 1.70. The highest BCUT2D eigenvalue weighted by Gasteiger charge is 2.36. The average Bonchev–Trinajstić information content (AvgIpc) is 2.75. The van der Waals surface area contributed by atoms with Gasteiger partial charge in [-0.2, -0.15) is 0 Å². The fourth-order valence-electron chi connectivity index (χ4n) is 3.48. The SMILES string of the molecule is COC(=O)CCCc1cc(OC)c2c(c1)C(=O)c1cc(OC)cc(OC)c1C2=O. The fourth-order valence-corrected chi connectivity index (χ4v) is 3.48. The first-order chi connectivity index (χ1) is 13.9. The minimum absolute atomic E-state index is 0.197. The second-order valence-electron chi connectivity index (χ2n) is 6.56. The highest BCUT2D eigenvalue weighted by Crippen LogP contribution is 2.40. The van der Waals surface area contributed by atoms with E-state index in [2.05, 4.69) is 4.74 Å². The molecule has 0 bridgehead atoms. The van der Waals surface area contributed by atoms with Crippen LogP contribution in [-0.4, -0.2) is 46.0 Å². The topological polar surface area (TPSA) is 88.1 Å². The lowest BCUT2D eigenvalue weighted by molar-refractivity contribution is -0.140. The van der Waals surface area contributed by atoms with Crippen LogP contribution in [0.1, 0.15) is 50.2 Å². The van der Waals surface area contributed by atoms with Gasteiger partial charge in [-0.1, -0.05) is 0 Å². The molecule has 0 atom stereocenters. The molecule has 0 saturated carbocycles. The van der Waals surface area contributed by atoms with E-state index < -0.39 is 0 Å². The molecule has 1 aliphatic carbocycles. The molecule has 0 aliphatic heterocycles. The van der Waals surface area contributed by atoms with Crippen molar-refractivity contribution in [2.24, 2.45) is 0 Å². The van der Waals surface area contributed by atoms with Gasteiger partial charge in [-0.05, 0) is 36.6 Å². The van der Waals surface area contributed by atoms with Crippen molar-refractivity contribution in [1.29, 1.82) is 0 Å². The van der Waals surface area contributed by atoms with Crippen LogP contribution in [0.25, 0.3) is 0 Å². The first-order valence-electron chi connectivity index (χ1n) is 9.08. The van der Waals surface area contributed by atoms with Gasteiger partial charge < -0.3 is 18.9 Å². The molecule has 3 rings (SSSR count). The molecule has 0 amide bonds. The molecule has 2 aromatic carbocycles. The van der Waals surface area contributed by atoms with Crippen LogP contribution in [0.15, 0.2) is 24.3 Å². The van der Waals surface area contributed by atoms with E-state index in [1.54, 1.807) is 18.2 Å². The molecule has 7 nitrogen and oxygen atoms in total. The Labute approximate surface area is 168 Å². The average molecular weight is 398 g/mol. The Balaban J connectivity index is 2.08. The van der Waals surface area contributed by atoms with Gasteiger partial charge in [0.25, 0.3) is 0 Å². The number of methoxy groups -OCH3 is 4. The Morgan fingerprint density at radius 3 is 2.00 bits per heavy atom. The number of hydrogen-bond donors (Lipinski definition) is 0. The number of fused-ring (bicyclic) bond motifs is 2. The molecular weight excluding hydrogens is 376 g/mol. The summed E-state index contributed by atoms with van der Waals surface area (Å²) in [5.74, 6) is 0.0673. The molecule has 1 aliphatic rings. The van der Waals surface area contributed by atoms with Crippen LogP contribution in [0.2, 0.25) is 0 Å². The summed E-state index contributed by atoms with van der Waals surface area (Å²) < 4.78 is 20.6. The fraction of sp³-hybridized carbons (Fsp3) is 0.318. The summed E-state index contributed by atoms with van der Waals surface area (Å²) >= 11 is 0. The molecule has 0 radical (unpaired) electrons. The van der Waals surface area contributed by atoms with Crippen molar-refractivity contribution >= 4 is 17.5 Å².